The van der Waals surface area contributed by atoms with Crippen molar-refractivity contribution >= 4 is 45.9 Å². The smallest absolute Gasteiger partial charge is 0.254 e. The molecule has 0 saturated carbocycles. The number of pyridine rings is 1. The lowest BCUT2D eigenvalue weighted by molar-refractivity contribution is 0.0810. The Morgan fingerprint density at radius 2 is 2.17 bits per heavy atom. The average Bonchev–Trinajstić information content (AvgIpc) is 2.68. The Morgan fingerprint density at radius 1 is 1.45 bits per heavy atom. The van der Waals surface area contributed by atoms with Crippen molar-refractivity contribution in [2.75, 3.05) is 19.3 Å². The summed E-state index contributed by atoms with van der Waals surface area (Å²) < 4.78 is 22.6. The van der Waals surface area contributed by atoms with Gasteiger partial charge in [0.25, 0.3) is 5.91 Å². The van der Waals surface area contributed by atoms with Crippen LogP contribution in [0.5, 0.6) is 5.75 Å². The highest BCUT2D eigenvalue weighted by Crippen LogP contribution is 2.32. The molecule has 0 saturated heterocycles. The zero-order chi connectivity index (χ0) is 21.3. The summed E-state index contributed by atoms with van der Waals surface area (Å²) in [6.07, 6.45) is 0.808. The van der Waals surface area contributed by atoms with Gasteiger partial charge in [-0.15, -0.1) is 0 Å². The number of nitrogens with one attached hydrogen (secondary N) is 2. The Kier molecular flexibility index (Phi) is 5.91. The predicted molar refractivity (Wildman–Crippen MR) is 117 cm³/mol. The number of ether oxygens (including phenoxy) is 1. The number of anilines is 1. The molecule has 1 aromatic heterocycles. The SMILES string of the molecule is C[C@H]1Oc2cc(cnc2N)/C(=C(\N)NI)C(=N)CN(C)C(=O)c2ccc(F)cc21. The van der Waals surface area contributed by atoms with Gasteiger partial charge < -0.3 is 30.0 Å². The number of nitrogens with two attached hydrogens (primary N) is 2. The summed E-state index contributed by atoms with van der Waals surface area (Å²) in [5.74, 6) is -0.234. The van der Waals surface area contributed by atoms with E-state index in [9.17, 15) is 9.18 Å². The summed E-state index contributed by atoms with van der Waals surface area (Å²) in [4.78, 5) is 18.5. The molecule has 2 heterocycles. The number of carbonyl (C=O) groups excluding carboxylic acids is 1. The van der Waals surface area contributed by atoms with Gasteiger partial charge in [-0.2, -0.15) is 0 Å². The summed E-state index contributed by atoms with van der Waals surface area (Å²) in [6.45, 7) is 1.68. The van der Waals surface area contributed by atoms with Crippen LogP contribution in [0, 0.1) is 11.2 Å². The molecule has 152 valence electrons. The minimum Gasteiger partial charge on any atom is -0.482 e. The molecule has 2 bridgehead atoms. The van der Waals surface area contributed by atoms with E-state index in [0.717, 1.165) is 0 Å². The molecule has 10 heteroatoms. The Balaban J connectivity index is 2.24. The van der Waals surface area contributed by atoms with Gasteiger partial charge in [0.1, 0.15) is 17.7 Å². The molecule has 1 atom stereocenters. The minimum absolute atomic E-state index is 0.0149. The maximum Gasteiger partial charge on any atom is 0.254 e. The summed E-state index contributed by atoms with van der Waals surface area (Å²) in [5.41, 5.74) is 13.7. The number of halogens is 2. The number of hydrogen-bond acceptors (Lipinski definition) is 7. The molecule has 0 unspecified atom stereocenters. The Labute approximate surface area is 181 Å². The molecule has 6 N–H and O–H groups in total. The van der Waals surface area contributed by atoms with Crippen LogP contribution in [0.2, 0.25) is 0 Å². The first-order chi connectivity index (χ1) is 13.7. The second-order valence-corrected chi connectivity index (χ2v) is 7.16. The third kappa shape index (κ3) is 4.11. The first kappa shape index (κ1) is 20.8. The largest absolute Gasteiger partial charge is 0.482 e. The van der Waals surface area contributed by atoms with Gasteiger partial charge >= 0.3 is 0 Å². The van der Waals surface area contributed by atoms with E-state index in [1.165, 1.54) is 29.3 Å². The van der Waals surface area contributed by atoms with Crippen LogP contribution >= 0.6 is 22.9 Å². The first-order valence-corrected chi connectivity index (χ1v) is 9.72. The zero-order valence-corrected chi connectivity index (χ0v) is 18.0. The number of nitrogens with zero attached hydrogens (tertiary/aromatic N) is 2. The molecule has 2 aromatic rings. The van der Waals surface area contributed by atoms with E-state index in [4.69, 9.17) is 21.6 Å². The molecule has 29 heavy (non-hydrogen) atoms. The number of hydrogen-bond donors (Lipinski definition) is 4. The highest BCUT2D eigenvalue weighted by atomic mass is 127. The topological polar surface area (TPSA) is 130 Å². The monoisotopic (exact) mass is 510 g/mol. The molecule has 1 aliphatic rings. The second-order valence-electron chi connectivity index (χ2n) is 6.62. The van der Waals surface area contributed by atoms with Crippen LogP contribution in [-0.4, -0.2) is 35.1 Å². The van der Waals surface area contributed by atoms with Crippen molar-refractivity contribution in [2.45, 2.75) is 13.0 Å². The Hall–Kier alpha value is -2.89. The molecule has 3 rings (SSSR count). The lowest BCUT2D eigenvalue weighted by Crippen LogP contribution is -2.34. The Morgan fingerprint density at radius 3 is 2.86 bits per heavy atom. The van der Waals surface area contributed by atoms with Crippen molar-refractivity contribution in [3.05, 3.63) is 58.8 Å². The van der Waals surface area contributed by atoms with Gasteiger partial charge in [-0.25, -0.2) is 9.37 Å². The maximum atomic E-state index is 13.9. The third-order valence-electron chi connectivity index (χ3n) is 4.57. The van der Waals surface area contributed by atoms with E-state index < -0.39 is 11.9 Å². The van der Waals surface area contributed by atoms with Crippen LogP contribution in [0.3, 0.4) is 0 Å². The first-order valence-electron chi connectivity index (χ1n) is 8.64. The number of fused-ring (bicyclic) bond motifs is 3. The highest BCUT2D eigenvalue weighted by Gasteiger charge is 2.25. The fourth-order valence-electron chi connectivity index (χ4n) is 3.14. The standard InChI is InChI=1S/C19H20FIN6O2/c1-9-13-6-11(20)3-4-12(13)19(28)27(2)8-14(22)16(18(24)26-21)10-5-15(29-9)17(23)25-7-10/h3-7,9,22,26H,8,24H2,1-2H3,(H2,23,25)/b18-16-,22-14?/t9-/m1/s1. The van der Waals surface area contributed by atoms with E-state index >= 15 is 0 Å². The van der Waals surface area contributed by atoms with Crippen LogP contribution in [0.4, 0.5) is 10.2 Å². The van der Waals surface area contributed by atoms with E-state index in [1.807, 2.05) is 22.9 Å². The number of amides is 1. The molecule has 1 aliphatic heterocycles. The van der Waals surface area contributed by atoms with Gasteiger partial charge in [-0.05, 0) is 31.2 Å². The number of rotatable bonds is 1. The quantitative estimate of drug-likeness (QED) is 0.345. The lowest BCUT2D eigenvalue weighted by Gasteiger charge is -2.25. The predicted octanol–water partition coefficient (Wildman–Crippen LogP) is 2.62. The summed E-state index contributed by atoms with van der Waals surface area (Å²) >= 11 is 1.86. The fourth-order valence-corrected chi connectivity index (χ4v) is 3.41. The third-order valence-corrected chi connectivity index (χ3v) is 5.15. The summed E-state index contributed by atoms with van der Waals surface area (Å²) in [7, 11) is 1.57. The number of nitrogen functional groups attached to an aromatic ring is 1. The summed E-state index contributed by atoms with van der Waals surface area (Å²) in [6, 6.07) is 5.52. The van der Waals surface area contributed by atoms with Gasteiger partial charge in [0, 0.05) is 35.5 Å². The van der Waals surface area contributed by atoms with Crippen molar-refractivity contribution < 1.29 is 13.9 Å². The normalized spacial score (nSPS) is 18.9. The van der Waals surface area contributed by atoms with Crippen LogP contribution < -0.4 is 19.7 Å². The highest BCUT2D eigenvalue weighted by molar-refractivity contribution is 14.1. The van der Waals surface area contributed by atoms with E-state index in [2.05, 4.69) is 8.51 Å². The molecule has 1 aromatic carbocycles. The number of aromatic nitrogens is 1. The van der Waals surface area contributed by atoms with Gasteiger partial charge in [-0.1, -0.05) is 0 Å². The number of benzene rings is 1. The maximum absolute atomic E-state index is 13.9. The molecule has 0 spiro atoms. The van der Waals surface area contributed by atoms with Gasteiger partial charge in [0.05, 0.1) is 35.1 Å². The Bertz CT molecular complexity index is 1030. The van der Waals surface area contributed by atoms with Crippen molar-refractivity contribution in [1.82, 2.24) is 13.4 Å². The van der Waals surface area contributed by atoms with Crippen LogP contribution in [0.25, 0.3) is 5.57 Å². The van der Waals surface area contributed by atoms with E-state index in [1.54, 1.807) is 20.0 Å². The molecule has 0 fully saturated rings. The minimum atomic E-state index is -0.677. The molecule has 1 amide bonds. The van der Waals surface area contributed by atoms with Crippen LogP contribution in [0.1, 0.15) is 34.5 Å². The van der Waals surface area contributed by atoms with Gasteiger partial charge in [0.2, 0.25) is 0 Å². The average molecular weight is 510 g/mol. The second kappa shape index (κ2) is 8.23. The lowest BCUT2D eigenvalue weighted by atomic mass is 9.99. The van der Waals surface area contributed by atoms with E-state index in [-0.39, 0.29) is 41.1 Å². The van der Waals surface area contributed by atoms with E-state index in [0.29, 0.717) is 16.7 Å². The van der Waals surface area contributed by atoms with Crippen molar-refractivity contribution in [1.29, 1.82) is 5.41 Å². The van der Waals surface area contributed by atoms with Crippen LogP contribution in [-0.2, 0) is 0 Å². The molecular weight excluding hydrogens is 490 g/mol. The van der Waals surface area contributed by atoms with Crippen molar-refractivity contribution in [3.63, 3.8) is 0 Å². The van der Waals surface area contributed by atoms with Crippen LogP contribution in [0.15, 0.2) is 36.3 Å². The van der Waals surface area contributed by atoms with Crippen molar-refractivity contribution in [2.24, 2.45) is 5.73 Å². The zero-order valence-electron chi connectivity index (χ0n) is 15.8. The summed E-state index contributed by atoms with van der Waals surface area (Å²) in [5, 5.41) is 8.54. The fraction of sp³-hybridized carbons (Fsp3) is 0.211. The molecule has 0 aliphatic carbocycles. The van der Waals surface area contributed by atoms with Gasteiger partial charge in [0.15, 0.2) is 11.6 Å². The molecular formula is C19H20FIN6O2. The van der Waals surface area contributed by atoms with Gasteiger partial charge in [-0.3, -0.25) is 4.79 Å². The van der Waals surface area contributed by atoms with Crippen molar-refractivity contribution in [3.8, 4) is 5.75 Å². The molecule has 8 nitrogen and oxygen atoms in total. The molecule has 0 radical (unpaired) electrons. The number of carbonyl (C=O) groups is 1.